The molecule has 8 heteroatoms. The van der Waals surface area contributed by atoms with Gasteiger partial charge in [-0.2, -0.15) is 5.10 Å². The molecule has 1 aliphatic rings. The van der Waals surface area contributed by atoms with Crippen molar-refractivity contribution in [3.8, 4) is 5.75 Å². The lowest BCUT2D eigenvalue weighted by molar-refractivity contribution is 0.0603. The van der Waals surface area contributed by atoms with Crippen LogP contribution in [0.1, 0.15) is 35.1 Å². The van der Waals surface area contributed by atoms with E-state index in [1.807, 2.05) is 17.8 Å². The number of likely N-dealkylation sites (tertiary alicyclic amines) is 1. The van der Waals surface area contributed by atoms with Crippen LogP contribution in [-0.2, 0) is 7.05 Å². The molecule has 3 heterocycles. The molecule has 0 aliphatic carbocycles. The highest BCUT2D eigenvalue weighted by atomic mass is 16.5. The molecule has 1 saturated heterocycles. The predicted molar refractivity (Wildman–Crippen MR) is 99.8 cm³/mol. The Kier molecular flexibility index (Phi) is 5.65. The lowest BCUT2D eigenvalue weighted by atomic mass is 9.87. The number of nitrogens with zero attached hydrogens (tertiary/aromatic N) is 4. The first-order valence-corrected chi connectivity index (χ1v) is 9.02. The molecule has 146 valence electrons. The molecule has 8 nitrogen and oxygen atoms in total. The van der Waals surface area contributed by atoms with Gasteiger partial charge in [0, 0.05) is 32.9 Å². The Balaban J connectivity index is 1.78. The van der Waals surface area contributed by atoms with Crippen molar-refractivity contribution < 1.29 is 13.9 Å². The number of hydrogen-bond donors (Lipinski definition) is 0. The van der Waals surface area contributed by atoms with E-state index in [4.69, 9.17) is 9.15 Å². The summed E-state index contributed by atoms with van der Waals surface area (Å²) in [4.78, 5) is 28.6. The Morgan fingerprint density at radius 3 is 2.85 bits per heavy atom. The van der Waals surface area contributed by atoms with E-state index >= 15 is 0 Å². The zero-order valence-electron chi connectivity index (χ0n) is 16.2. The number of carbonyl (C=O) groups is 1. The second-order valence-electron chi connectivity index (χ2n) is 7.07. The van der Waals surface area contributed by atoms with Crippen molar-refractivity contribution in [2.45, 2.75) is 18.9 Å². The fraction of sp³-hybridized carbons (Fsp3) is 0.526. The Hall–Kier alpha value is -2.61. The smallest absolute Gasteiger partial charge is 0.289 e. The minimum atomic E-state index is -0.370. The predicted octanol–water partition coefficient (Wildman–Crippen LogP) is 1.54. The minimum Gasteiger partial charge on any atom is -0.490 e. The van der Waals surface area contributed by atoms with E-state index < -0.39 is 0 Å². The van der Waals surface area contributed by atoms with E-state index in [9.17, 15) is 9.59 Å². The molecule has 0 saturated carbocycles. The lowest BCUT2D eigenvalue weighted by Crippen LogP contribution is -2.43. The van der Waals surface area contributed by atoms with Crippen LogP contribution in [0.25, 0.3) is 0 Å². The maximum Gasteiger partial charge on any atom is 0.289 e. The summed E-state index contributed by atoms with van der Waals surface area (Å²) >= 11 is 0. The zero-order chi connectivity index (χ0) is 19.6. The highest BCUT2D eigenvalue weighted by Gasteiger charge is 2.34. The van der Waals surface area contributed by atoms with Crippen LogP contribution in [0.5, 0.6) is 5.75 Å². The van der Waals surface area contributed by atoms with Crippen molar-refractivity contribution in [1.29, 1.82) is 0 Å². The molecular formula is C19H26N4O4. The molecule has 0 aromatic carbocycles. The zero-order valence-corrected chi connectivity index (χ0v) is 16.2. The monoisotopic (exact) mass is 374 g/mol. The quantitative estimate of drug-likeness (QED) is 0.790. The second-order valence-corrected chi connectivity index (χ2v) is 7.07. The summed E-state index contributed by atoms with van der Waals surface area (Å²) in [7, 11) is 7.17. The van der Waals surface area contributed by atoms with Crippen LogP contribution in [0.3, 0.4) is 0 Å². The standard InChI is InChI=1S/C19H26N4O4/c1-21-9-5-6-13(18(21)14-7-8-20-23(14)3)11-22(2)19(25)16-10-15(24)17(26-4)12-27-16/h7-8,10,12-13,18H,5-6,9,11H2,1-4H3/t13-,18+/m0/s1. The highest BCUT2D eigenvalue weighted by molar-refractivity contribution is 5.91. The van der Waals surface area contributed by atoms with Crippen LogP contribution in [0, 0.1) is 5.92 Å². The Labute approximate surface area is 158 Å². The maximum absolute atomic E-state index is 12.7. The molecule has 2 aromatic heterocycles. The number of hydrogen-bond acceptors (Lipinski definition) is 6. The summed E-state index contributed by atoms with van der Waals surface area (Å²) in [6.45, 7) is 1.58. The molecule has 3 rings (SSSR count). The van der Waals surface area contributed by atoms with Crippen LogP contribution >= 0.6 is 0 Å². The van der Waals surface area contributed by atoms with E-state index in [2.05, 4.69) is 17.0 Å². The topological polar surface area (TPSA) is 80.8 Å². The number of amides is 1. The first-order valence-electron chi connectivity index (χ1n) is 9.02. The molecule has 0 spiro atoms. The van der Waals surface area contributed by atoms with Gasteiger partial charge >= 0.3 is 0 Å². The summed E-state index contributed by atoms with van der Waals surface area (Å²) in [5.41, 5.74) is 0.768. The van der Waals surface area contributed by atoms with Gasteiger partial charge in [-0.25, -0.2) is 0 Å². The van der Waals surface area contributed by atoms with Gasteiger partial charge < -0.3 is 14.1 Å². The molecule has 0 N–H and O–H groups in total. The summed E-state index contributed by atoms with van der Waals surface area (Å²) in [5, 5.41) is 4.30. The van der Waals surface area contributed by atoms with Crippen molar-refractivity contribution in [2.75, 3.05) is 34.3 Å². The Morgan fingerprint density at radius 1 is 1.44 bits per heavy atom. The van der Waals surface area contributed by atoms with Crippen LogP contribution in [-0.4, -0.2) is 59.8 Å². The lowest BCUT2D eigenvalue weighted by Gasteiger charge is -2.40. The SMILES string of the molecule is COc1coc(C(=O)N(C)C[C@@H]2CCCN(C)[C@H]2c2ccnn2C)cc1=O. The fourth-order valence-electron chi connectivity index (χ4n) is 3.88. The van der Waals surface area contributed by atoms with E-state index in [-0.39, 0.29) is 34.8 Å². The average molecular weight is 374 g/mol. The number of carbonyl (C=O) groups excluding carboxylic acids is 1. The molecule has 0 unspecified atom stereocenters. The van der Waals surface area contributed by atoms with Crippen LogP contribution in [0.2, 0.25) is 0 Å². The number of methoxy groups -OCH3 is 1. The molecule has 27 heavy (non-hydrogen) atoms. The van der Waals surface area contributed by atoms with E-state index in [0.29, 0.717) is 6.54 Å². The molecular weight excluding hydrogens is 348 g/mol. The van der Waals surface area contributed by atoms with E-state index in [0.717, 1.165) is 25.1 Å². The number of aryl methyl sites for hydroxylation is 1. The molecule has 1 fully saturated rings. The van der Waals surface area contributed by atoms with Gasteiger partial charge in [0.2, 0.25) is 11.2 Å². The molecule has 1 amide bonds. The number of rotatable bonds is 5. The van der Waals surface area contributed by atoms with E-state index in [1.165, 1.54) is 19.4 Å². The van der Waals surface area contributed by atoms with Crippen LogP contribution in [0.15, 0.2) is 33.8 Å². The fourth-order valence-corrected chi connectivity index (χ4v) is 3.88. The first kappa shape index (κ1) is 19.2. The van der Waals surface area contributed by atoms with Crippen molar-refractivity contribution in [3.05, 3.63) is 46.3 Å². The Morgan fingerprint density at radius 2 is 2.22 bits per heavy atom. The molecule has 1 aliphatic heterocycles. The maximum atomic E-state index is 12.7. The molecule has 2 aromatic rings. The highest BCUT2D eigenvalue weighted by Crippen LogP contribution is 2.35. The normalized spacial score (nSPS) is 20.4. The number of ether oxygens (including phenoxy) is 1. The van der Waals surface area contributed by atoms with Gasteiger partial charge in [-0.05, 0) is 38.4 Å². The first-order chi connectivity index (χ1) is 12.9. The van der Waals surface area contributed by atoms with Gasteiger partial charge in [0.15, 0.2) is 5.76 Å². The number of aromatic nitrogens is 2. The molecule has 2 atom stereocenters. The Bertz CT molecular complexity index is 859. The molecule has 0 bridgehead atoms. The van der Waals surface area contributed by atoms with Crippen molar-refractivity contribution in [1.82, 2.24) is 19.6 Å². The van der Waals surface area contributed by atoms with Crippen molar-refractivity contribution in [2.24, 2.45) is 13.0 Å². The largest absolute Gasteiger partial charge is 0.490 e. The third-order valence-electron chi connectivity index (χ3n) is 5.25. The van der Waals surface area contributed by atoms with Crippen molar-refractivity contribution in [3.63, 3.8) is 0 Å². The minimum absolute atomic E-state index is 0.0181. The van der Waals surface area contributed by atoms with Gasteiger partial charge in [-0.3, -0.25) is 19.2 Å². The van der Waals surface area contributed by atoms with Gasteiger partial charge in [-0.1, -0.05) is 0 Å². The van der Waals surface area contributed by atoms with Gasteiger partial charge in [0.1, 0.15) is 6.26 Å². The van der Waals surface area contributed by atoms with Crippen LogP contribution in [0.4, 0.5) is 0 Å². The summed E-state index contributed by atoms with van der Waals surface area (Å²) < 4.78 is 12.1. The van der Waals surface area contributed by atoms with Gasteiger partial charge in [0.05, 0.1) is 18.8 Å². The molecule has 0 radical (unpaired) electrons. The second kappa shape index (κ2) is 7.96. The summed E-state index contributed by atoms with van der Waals surface area (Å²) in [6.07, 6.45) is 5.07. The third-order valence-corrected chi connectivity index (χ3v) is 5.25. The summed E-state index contributed by atoms with van der Waals surface area (Å²) in [6, 6.07) is 3.40. The third kappa shape index (κ3) is 3.90. The van der Waals surface area contributed by atoms with Crippen LogP contribution < -0.4 is 10.2 Å². The summed E-state index contributed by atoms with van der Waals surface area (Å²) in [5.74, 6) is 0.0498. The average Bonchev–Trinajstić information content (AvgIpc) is 3.06. The van der Waals surface area contributed by atoms with Gasteiger partial charge in [0.25, 0.3) is 5.91 Å². The van der Waals surface area contributed by atoms with Crippen molar-refractivity contribution >= 4 is 5.91 Å². The van der Waals surface area contributed by atoms with Gasteiger partial charge in [-0.15, -0.1) is 0 Å². The number of piperidine rings is 1. The van der Waals surface area contributed by atoms with E-state index in [1.54, 1.807) is 18.1 Å².